The molecule has 0 aliphatic heterocycles. The van der Waals surface area contributed by atoms with Crippen LogP contribution in [0.2, 0.25) is 0 Å². The fourth-order valence-corrected chi connectivity index (χ4v) is 1.54. The van der Waals surface area contributed by atoms with E-state index in [1.54, 1.807) is 30.3 Å². The summed E-state index contributed by atoms with van der Waals surface area (Å²) >= 11 is 4.95. The second-order valence-corrected chi connectivity index (χ2v) is 3.75. The quantitative estimate of drug-likeness (QED) is 0.704. The van der Waals surface area contributed by atoms with Gasteiger partial charge in [0.1, 0.15) is 10.5 Å². The normalized spacial score (nSPS) is 9.59. The smallest absolute Gasteiger partial charge is 0.200 e. The lowest BCUT2D eigenvalue weighted by Crippen LogP contribution is -1.99. The Labute approximate surface area is 103 Å². The molecule has 0 atom stereocenters. The van der Waals surface area contributed by atoms with Crippen LogP contribution in [0.15, 0.2) is 30.3 Å². The number of nitrogen functional groups attached to an aromatic ring is 1. The number of hydrogen-bond acceptors (Lipinski definition) is 5. The molecule has 0 radical (unpaired) electrons. The molecule has 2 rings (SSSR count). The number of H-pyrrole nitrogens is 1. The van der Waals surface area contributed by atoms with Crippen LogP contribution in [0.25, 0.3) is 0 Å². The number of nitriles is 1. The molecule has 84 valence electrons. The van der Waals surface area contributed by atoms with E-state index in [1.807, 2.05) is 0 Å². The fourth-order valence-electron chi connectivity index (χ4n) is 1.33. The van der Waals surface area contributed by atoms with Crippen molar-refractivity contribution >= 4 is 29.7 Å². The van der Waals surface area contributed by atoms with Crippen molar-refractivity contribution < 1.29 is 0 Å². The maximum atomic E-state index is 8.68. The summed E-state index contributed by atoms with van der Waals surface area (Å²) in [5.74, 6) is 0.917. The first-order chi connectivity index (χ1) is 8.17. The Hall–Kier alpha value is -2.39. The Kier molecular flexibility index (Phi) is 3.03. The zero-order chi connectivity index (χ0) is 12.3. The Morgan fingerprint density at radius 1 is 1.35 bits per heavy atom. The van der Waals surface area contributed by atoms with Gasteiger partial charge in [-0.25, -0.2) is 4.98 Å². The van der Waals surface area contributed by atoms with E-state index < -0.39 is 0 Å². The first kappa shape index (κ1) is 11.1. The van der Waals surface area contributed by atoms with Crippen LogP contribution in [-0.2, 0) is 0 Å². The summed E-state index contributed by atoms with van der Waals surface area (Å²) in [5.41, 5.74) is 6.98. The van der Waals surface area contributed by atoms with Gasteiger partial charge in [0.05, 0.1) is 11.6 Å². The van der Waals surface area contributed by atoms with E-state index in [4.69, 9.17) is 23.2 Å². The number of rotatable bonds is 2. The van der Waals surface area contributed by atoms with Gasteiger partial charge in [0.2, 0.25) is 0 Å². The van der Waals surface area contributed by atoms with Crippen LogP contribution >= 0.6 is 12.2 Å². The summed E-state index contributed by atoms with van der Waals surface area (Å²) in [7, 11) is 0. The van der Waals surface area contributed by atoms with Crippen molar-refractivity contribution in [3.63, 3.8) is 0 Å². The molecule has 0 aliphatic rings. The van der Waals surface area contributed by atoms with Gasteiger partial charge in [-0.3, -0.25) is 0 Å². The van der Waals surface area contributed by atoms with Crippen LogP contribution in [0.3, 0.4) is 0 Å². The highest BCUT2D eigenvalue weighted by Gasteiger charge is 1.97. The maximum absolute atomic E-state index is 8.68. The topological polar surface area (TPSA) is 90.5 Å². The molecular weight excluding hydrogens is 234 g/mol. The number of nitrogens with two attached hydrogens (primary N) is 1. The van der Waals surface area contributed by atoms with Gasteiger partial charge >= 0.3 is 0 Å². The molecule has 0 saturated carbocycles. The molecule has 2 aromatic rings. The van der Waals surface area contributed by atoms with Crippen molar-refractivity contribution in [3.8, 4) is 6.07 Å². The van der Waals surface area contributed by atoms with E-state index in [9.17, 15) is 0 Å². The summed E-state index contributed by atoms with van der Waals surface area (Å²) in [4.78, 5) is 6.71. The van der Waals surface area contributed by atoms with E-state index in [1.165, 1.54) is 0 Å². The first-order valence-corrected chi connectivity index (χ1v) is 5.22. The van der Waals surface area contributed by atoms with Crippen molar-refractivity contribution in [2.75, 3.05) is 11.1 Å². The van der Waals surface area contributed by atoms with Crippen LogP contribution in [0, 0.1) is 16.0 Å². The minimum Gasteiger partial charge on any atom is -0.369 e. The second-order valence-electron chi connectivity index (χ2n) is 3.33. The lowest BCUT2D eigenvalue weighted by atomic mass is 10.2. The minimum absolute atomic E-state index is 0.258. The van der Waals surface area contributed by atoms with E-state index in [2.05, 4.69) is 21.4 Å². The van der Waals surface area contributed by atoms with E-state index in [0.29, 0.717) is 16.0 Å². The largest absolute Gasteiger partial charge is 0.369 e. The Bertz CT molecular complexity index is 624. The highest BCUT2D eigenvalue weighted by molar-refractivity contribution is 7.71. The second kappa shape index (κ2) is 4.63. The average molecular weight is 243 g/mol. The third kappa shape index (κ3) is 2.80. The Morgan fingerprint density at radius 2 is 2.06 bits per heavy atom. The third-order valence-corrected chi connectivity index (χ3v) is 2.26. The van der Waals surface area contributed by atoms with Gasteiger partial charge in [0.25, 0.3) is 0 Å². The summed E-state index contributed by atoms with van der Waals surface area (Å²) in [6.07, 6.45) is 0. The van der Waals surface area contributed by atoms with Crippen molar-refractivity contribution in [3.05, 3.63) is 40.5 Å². The SMILES string of the molecule is N#Cc1ccc(Nc2cc(=S)nc(N)[nH]2)cc1. The van der Waals surface area contributed by atoms with E-state index in [0.717, 1.165) is 5.69 Å². The fraction of sp³-hybridized carbons (Fsp3) is 0. The molecule has 1 heterocycles. The molecule has 5 nitrogen and oxygen atoms in total. The zero-order valence-corrected chi connectivity index (χ0v) is 9.58. The molecule has 0 fully saturated rings. The number of hydrogen-bond donors (Lipinski definition) is 3. The lowest BCUT2D eigenvalue weighted by Gasteiger charge is -2.06. The Balaban J connectivity index is 2.25. The van der Waals surface area contributed by atoms with Crippen LogP contribution < -0.4 is 11.1 Å². The molecule has 0 unspecified atom stereocenters. The number of nitrogens with one attached hydrogen (secondary N) is 2. The molecule has 0 aliphatic carbocycles. The zero-order valence-electron chi connectivity index (χ0n) is 8.77. The average Bonchev–Trinajstić information content (AvgIpc) is 2.28. The van der Waals surface area contributed by atoms with Gasteiger partial charge in [-0.2, -0.15) is 5.26 Å². The highest BCUT2D eigenvalue weighted by atomic mass is 32.1. The molecule has 1 aromatic heterocycles. The molecular formula is C11H9N5S. The van der Waals surface area contributed by atoms with Crippen LogP contribution in [0.4, 0.5) is 17.5 Å². The lowest BCUT2D eigenvalue weighted by molar-refractivity contribution is 1.17. The van der Waals surface area contributed by atoms with E-state index in [-0.39, 0.29) is 5.95 Å². The molecule has 0 spiro atoms. The van der Waals surface area contributed by atoms with Crippen LogP contribution in [0.1, 0.15) is 5.56 Å². The van der Waals surface area contributed by atoms with Gasteiger partial charge in [-0.15, -0.1) is 0 Å². The van der Waals surface area contributed by atoms with Gasteiger partial charge in [-0.1, -0.05) is 12.2 Å². The summed E-state index contributed by atoms with van der Waals surface area (Å²) in [6.45, 7) is 0. The molecule has 0 bridgehead atoms. The minimum atomic E-state index is 0.258. The van der Waals surface area contributed by atoms with Crippen LogP contribution in [0.5, 0.6) is 0 Å². The third-order valence-electron chi connectivity index (χ3n) is 2.05. The van der Waals surface area contributed by atoms with Crippen molar-refractivity contribution in [1.29, 1.82) is 5.26 Å². The standard InChI is InChI=1S/C11H9N5S/c12-6-7-1-3-8(4-2-7)14-9-5-10(17)16-11(13)15-9/h1-5H,(H4,13,14,15,16,17). The summed E-state index contributed by atoms with van der Waals surface area (Å²) < 4.78 is 0.414. The number of aromatic nitrogens is 2. The monoisotopic (exact) mass is 243 g/mol. The van der Waals surface area contributed by atoms with Gasteiger partial charge in [0.15, 0.2) is 5.95 Å². The maximum Gasteiger partial charge on any atom is 0.200 e. The molecule has 0 saturated heterocycles. The van der Waals surface area contributed by atoms with Crippen molar-refractivity contribution in [2.24, 2.45) is 0 Å². The predicted molar refractivity (Wildman–Crippen MR) is 68.3 cm³/mol. The van der Waals surface area contributed by atoms with Crippen molar-refractivity contribution in [1.82, 2.24) is 9.97 Å². The highest BCUT2D eigenvalue weighted by Crippen LogP contribution is 2.15. The van der Waals surface area contributed by atoms with Gasteiger partial charge in [0, 0.05) is 11.8 Å². The number of aromatic amines is 1. The first-order valence-electron chi connectivity index (χ1n) is 4.81. The van der Waals surface area contributed by atoms with Crippen LogP contribution in [-0.4, -0.2) is 9.97 Å². The molecule has 0 amide bonds. The Morgan fingerprint density at radius 3 is 2.65 bits per heavy atom. The number of anilines is 3. The van der Waals surface area contributed by atoms with E-state index >= 15 is 0 Å². The molecule has 1 aromatic carbocycles. The number of benzene rings is 1. The molecule has 17 heavy (non-hydrogen) atoms. The van der Waals surface area contributed by atoms with Crippen molar-refractivity contribution in [2.45, 2.75) is 0 Å². The number of nitrogens with zero attached hydrogens (tertiary/aromatic N) is 2. The summed E-state index contributed by atoms with van der Waals surface area (Å²) in [5, 5.41) is 11.8. The molecule has 4 N–H and O–H groups in total. The predicted octanol–water partition coefficient (Wildman–Crippen LogP) is 2.34. The summed E-state index contributed by atoms with van der Waals surface area (Å²) in [6, 6.07) is 10.8. The van der Waals surface area contributed by atoms with Gasteiger partial charge < -0.3 is 16.0 Å². The molecule has 6 heteroatoms. The van der Waals surface area contributed by atoms with Gasteiger partial charge in [-0.05, 0) is 24.3 Å².